The van der Waals surface area contributed by atoms with Crippen molar-refractivity contribution < 1.29 is 19.4 Å². The van der Waals surface area contributed by atoms with Gasteiger partial charge in [-0.05, 0) is 30.7 Å². The monoisotopic (exact) mass is 509 g/mol. The van der Waals surface area contributed by atoms with Crippen LogP contribution in [0.5, 0.6) is 0 Å². The zero-order chi connectivity index (χ0) is 19.7. The Bertz CT molecular complexity index is 734. The molecule has 0 heterocycles. The third-order valence-corrected chi connectivity index (χ3v) is 4.19. The van der Waals surface area contributed by atoms with Crippen LogP contribution < -0.4 is 5.32 Å². The number of hydrogen-bond donors (Lipinski definition) is 1. The quantitative estimate of drug-likeness (QED) is 0.229. The van der Waals surface area contributed by atoms with Gasteiger partial charge in [0.05, 0.1) is 15.7 Å². The number of benzene rings is 2. The molecule has 0 aliphatic heterocycles. The van der Waals surface area contributed by atoms with E-state index in [1.807, 2.05) is 36.4 Å². The van der Waals surface area contributed by atoms with Gasteiger partial charge in [-0.3, -0.25) is 0 Å². The molecule has 2 aromatic rings. The zero-order valence-electron chi connectivity index (χ0n) is 14.4. The van der Waals surface area contributed by atoms with Gasteiger partial charge in [-0.2, -0.15) is 0 Å². The fraction of sp³-hybridized carbons (Fsp3) is 0.222. The number of rotatable bonds is 3. The highest BCUT2D eigenvalue weighted by molar-refractivity contribution is 14.1. The average Bonchev–Trinajstić information content (AvgIpc) is 2.57. The number of halogens is 3. The molecule has 1 atom stereocenters. The van der Waals surface area contributed by atoms with E-state index in [2.05, 4.69) is 50.7 Å². The maximum atomic E-state index is 9.85. The molecule has 0 bridgehead atoms. The van der Waals surface area contributed by atoms with Crippen LogP contribution in [0.25, 0.3) is 0 Å². The summed E-state index contributed by atoms with van der Waals surface area (Å²) in [5, 5.41) is 4.57. The van der Waals surface area contributed by atoms with Crippen LogP contribution in [0.1, 0.15) is 30.3 Å². The summed E-state index contributed by atoms with van der Waals surface area (Å²) in [6.45, 7) is 4.43. The number of nitrogens with one attached hydrogen (secondary N) is 1. The van der Waals surface area contributed by atoms with Gasteiger partial charge < -0.3 is 5.32 Å². The summed E-state index contributed by atoms with van der Waals surface area (Å²) >= 11 is 14.7. The molecular weight excluding hydrogens is 492 g/mol. The van der Waals surface area contributed by atoms with Crippen molar-refractivity contribution in [3.63, 3.8) is 0 Å². The van der Waals surface area contributed by atoms with Gasteiger partial charge in [0.1, 0.15) is 0 Å². The van der Waals surface area contributed by atoms with Crippen LogP contribution in [-0.2, 0) is 19.4 Å². The SMILES string of the molecule is CC(=O)OOC(C)=O.CC(I)c1ccccc1Nc1c(Cl)cccc1Cl. The number of para-hydroxylation sites is 2. The van der Waals surface area contributed by atoms with Gasteiger partial charge in [0, 0.05) is 23.5 Å². The fourth-order valence-electron chi connectivity index (χ4n) is 1.83. The van der Waals surface area contributed by atoms with Crippen molar-refractivity contribution in [2.24, 2.45) is 0 Å². The number of anilines is 2. The maximum absolute atomic E-state index is 9.85. The second-order valence-electron chi connectivity index (χ2n) is 5.07. The van der Waals surface area contributed by atoms with Crippen LogP contribution in [0.3, 0.4) is 0 Å². The first-order chi connectivity index (χ1) is 12.2. The Morgan fingerprint density at radius 3 is 1.92 bits per heavy atom. The summed E-state index contributed by atoms with van der Waals surface area (Å²) in [4.78, 5) is 27.3. The molecule has 2 rings (SSSR count). The lowest BCUT2D eigenvalue weighted by atomic mass is 10.1. The Morgan fingerprint density at radius 1 is 0.962 bits per heavy atom. The average molecular weight is 510 g/mol. The second-order valence-corrected chi connectivity index (χ2v) is 7.76. The second kappa shape index (κ2) is 11.3. The third kappa shape index (κ3) is 7.80. The molecule has 8 heteroatoms. The molecule has 0 aliphatic rings. The highest BCUT2D eigenvalue weighted by atomic mass is 127. The largest absolute Gasteiger partial charge is 0.353 e. The van der Waals surface area contributed by atoms with Crippen molar-refractivity contribution in [1.82, 2.24) is 0 Å². The number of alkyl halides is 1. The van der Waals surface area contributed by atoms with Crippen LogP contribution in [0.15, 0.2) is 42.5 Å². The molecule has 0 saturated heterocycles. The summed E-state index contributed by atoms with van der Waals surface area (Å²) in [5.41, 5.74) is 3.02. The van der Waals surface area contributed by atoms with Gasteiger partial charge >= 0.3 is 11.9 Å². The van der Waals surface area contributed by atoms with Crippen LogP contribution in [0.2, 0.25) is 10.0 Å². The number of carbonyl (C=O) groups is 2. The maximum Gasteiger partial charge on any atom is 0.352 e. The normalized spacial score (nSPS) is 10.8. The van der Waals surface area contributed by atoms with E-state index in [9.17, 15) is 9.59 Å². The summed E-state index contributed by atoms with van der Waals surface area (Å²) in [7, 11) is 0. The minimum atomic E-state index is -0.639. The molecule has 26 heavy (non-hydrogen) atoms. The minimum Gasteiger partial charge on any atom is -0.353 e. The molecule has 140 valence electrons. The smallest absolute Gasteiger partial charge is 0.352 e. The summed E-state index contributed by atoms with van der Waals surface area (Å²) < 4.78 is 0.410. The van der Waals surface area contributed by atoms with Gasteiger partial charge in [0.15, 0.2) is 0 Å². The van der Waals surface area contributed by atoms with Gasteiger partial charge in [-0.1, -0.05) is 70.1 Å². The molecule has 0 aromatic heterocycles. The standard InChI is InChI=1S/C14H12Cl2IN.C4H6O4/c1-9(17)10-5-2-3-8-13(10)18-14-11(15)6-4-7-12(14)16;1-3(5)7-8-4(2)6/h2-9,18H,1H3;1-2H3. The van der Waals surface area contributed by atoms with Crippen LogP contribution >= 0.6 is 45.8 Å². The Labute approximate surface area is 176 Å². The molecule has 0 saturated carbocycles. The summed E-state index contributed by atoms with van der Waals surface area (Å²) in [6, 6.07) is 13.6. The van der Waals surface area contributed by atoms with E-state index < -0.39 is 11.9 Å². The van der Waals surface area contributed by atoms with Crippen LogP contribution in [0, 0.1) is 0 Å². The number of hydrogen-bond acceptors (Lipinski definition) is 5. The third-order valence-electron chi connectivity index (χ3n) is 2.89. The number of carbonyl (C=O) groups excluding carboxylic acids is 2. The van der Waals surface area contributed by atoms with Gasteiger partial charge in [0.25, 0.3) is 0 Å². The Kier molecular flexibility index (Phi) is 9.75. The molecule has 0 amide bonds. The molecule has 2 aromatic carbocycles. The first-order valence-corrected chi connectivity index (χ1v) is 9.52. The molecular formula is C18H18Cl2INO4. The van der Waals surface area contributed by atoms with Crippen molar-refractivity contribution in [1.29, 1.82) is 0 Å². The van der Waals surface area contributed by atoms with E-state index in [4.69, 9.17) is 23.2 Å². The van der Waals surface area contributed by atoms with Crippen LogP contribution in [-0.4, -0.2) is 11.9 Å². The van der Waals surface area contributed by atoms with Crippen molar-refractivity contribution >= 4 is 69.1 Å². The van der Waals surface area contributed by atoms with Crippen LogP contribution in [0.4, 0.5) is 11.4 Å². The highest BCUT2D eigenvalue weighted by Gasteiger charge is 2.10. The van der Waals surface area contributed by atoms with Gasteiger partial charge in [-0.15, -0.1) is 0 Å². The highest BCUT2D eigenvalue weighted by Crippen LogP contribution is 2.36. The molecule has 0 aliphatic carbocycles. The van der Waals surface area contributed by atoms with Crippen molar-refractivity contribution in [2.45, 2.75) is 24.7 Å². The minimum absolute atomic E-state index is 0.410. The predicted octanol–water partition coefficient (Wildman–Crippen LogP) is 6.26. The predicted molar refractivity (Wildman–Crippen MR) is 112 cm³/mol. The first-order valence-electron chi connectivity index (χ1n) is 7.52. The first kappa shape index (κ1) is 22.5. The van der Waals surface area contributed by atoms with Crippen molar-refractivity contribution in [3.05, 3.63) is 58.1 Å². The lowest BCUT2D eigenvalue weighted by molar-refractivity contribution is -0.255. The van der Waals surface area contributed by atoms with E-state index in [1.54, 1.807) is 0 Å². The Morgan fingerprint density at radius 2 is 1.46 bits per heavy atom. The molecule has 1 unspecified atom stereocenters. The fourth-order valence-corrected chi connectivity index (χ4v) is 2.86. The molecule has 5 nitrogen and oxygen atoms in total. The van der Waals surface area contributed by atoms with Gasteiger partial charge in [-0.25, -0.2) is 19.4 Å². The molecule has 0 radical (unpaired) electrons. The van der Waals surface area contributed by atoms with Crippen molar-refractivity contribution in [3.8, 4) is 0 Å². The van der Waals surface area contributed by atoms with E-state index in [0.717, 1.165) is 25.2 Å². The van der Waals surface area contributed by atoms with Crippen molar-refractivity contribution in [2.75, 3.05) is 5.32 Å². The van der Waals surface area contributed by atoms with Gasteiger partial charge in [0.2, 0.25) is 0 Å². The molecule has 0 fully saturated rings. The summed E-state index contributed by atoms with van der Waals surface area (Å²) in [6.07, 6.45) is 0. The topological polar surface area (TPSA) is 64.6 Å². The van der Waals surface area contributed by atoms with E-state index in [0.29, 0.717) is 14.0 Å². The Balaban J connectivity index is 0.000000359. The zero-order valence-corrected chi connectivity index (χ0v) is 18.1. The lowest BCUT2D eigenvalue weighted by Gasteiger charge is -2.15. The lowest BCUT2D eigenvalue weighted by Crippen LogP contribution is -2.03. The van der Waals surface area contributed by atoms with E-state index >= 15 is 0 Å². The Hall–Kier alpha value is -1.51. The molecule has 0 spiro atoms. The summed E-state index contributed by atoms with van der Waals surface area (Å²) in [5.74, 6) is -1.28. The van der Waals surface area contributed by atoms with E-state index in [-0.39, 0.29) is 0 Å². The molecule has 1 N–H and O–H groups in total. The van der Waals surface area contributed by atoms with E-state index in [1.165, 1.54) is 5.56 Å².